The number of carbonyl (C=O) groups excluding carboxylic acids is 1. The summed E-state index contributed by atoms with van der Waals surface area (Å²) in [6, 6.07) is 15.4. The van der Waals surface area contributed by atoms with E-state index in [0.717, 1.165) is 12.0 Å². The molecule has 0 aliphatic heterocycles. The molecule has 0 fully saturated rings. The van der Waals surface area contributed by atoms with Gasteiger partial charge < -0.3 is 10.0 Å². The summed E-state index contributed by atoms with van der Waals surface area (Å²) in [7, 11) is 1.76. The van der Waals surface area contributed by atoms with E-state index in [0.29, 0.717) is 17.0 Å². The number of thioether (sulfide) groups is 1. The van der Waals surface area contributed by atoms with Crippen molar-refractivity contribution in [2.45, 2.75) is 37.0 Å². The Kier molecular flexibility index (Phi) is 6.65. The normalized spacial score (nSPS) is 11.8. The lowest BCUT2D eigenvalue weighted by atomic mass is 10.1. The van der Waals surface area contributed by atoms with Gasteiger partial charge in [0.15, 0.2) is 0 Å². The summed E-state index contributed by atoms with van der Waals surface area (Å²) >= 11 is 1.19. The molecule has 1 atom stereocenters. The first-order chi connectivity index (χ1) is 11.9. The molecule has 1 N–H and O–H groups in total. The molecule has 2 rings (SSSR count). The van der Waals surface area contributed by atoms with Gasteiger partial charge in [0.05, 0.1) is 5.56 Å². The molecule has 0 saturated carbocycles. The number of aliphatic carboxylic acids is 1. The average molecular weight is 357 g/mol. The van der Waals surface area contributed by atoms with Gasteiger partial charge >= 0.3 is 5.97 Å². The Balaban J connectivity index is 2.14. The smallest absolute Gasteiger partial charge is 0.316 e. The topological polar surface area (TPSA) is 57.6 Å². The van der Waals surface area contributed by atoms with Crippen LogP contribution in [0, 0.1) is 0 Å². The molecule has 1 unspecified atom stereocenters. The van der Waals surface area contributed by atoms with E-state index in [9.17, 15) is 9.59 Å². The van der Waals surface area contributed by atoms with Gasteiger partial charge in [0.25, 0.3) is 5.91 Å². The van der Waals surface area contributed by atoms with E-state index in [4.69, 9.17) is 5.11 Å². The lowest BCUT2D eigenvalue weighted by Gasteiger charge is -2.19. The summed E-state index contributed by atoms with van der Waals surface area (Å²) in [4.78, 5) is 26.3. The van der Waals surface area contributed by atoms with Gasteiger partial charge in [-0.1, -0.05) is 43.3 Å². The lowest BCUT2D eigenvalue weighted by molar-refractivity contribution is -0.136. The van der Waals surface area contributed by atoms with Crippen LogP contribution in [0.25, 0.3) is 0 Å². The van der Waals surface area contributed by atoms with Gasteiger partial charge in [0, 0.05) is 18.5 Å². The number of carbonyl (C=O) groups is 2. The molecule has 0 spiro atoms. The highest BCUT2D eigenvalue weighted by Crippen LogP contribution is 2.28. The second kappa shape index (κ2) is 8.72. The molecule has 4 nitrogen and oxygen atoms in total. The maximum atomic E-state index is 12.8. The maximum absolute atomic E-state index is 12.8. The standard InChI is InChI=1S/C20H23NO3S/c1-4-15-9-11-16(12-10-15)13-21(3)19(22)17-7-5-6-8-18(17)25-14(2)20(23)24/h5-12,14H,4,13H2,1-3H3,(H,23,24). The first-order valence-electron chi connectivity index (χ1n) is 8.24. The minimum atomic E-state index is -0.892. The van der Waals surface area contributed by atoms with Gasteiger partial charge in [0.2, 0.25) is 0 Å². The highest BCUT2D eigenvalue weighted by Gasteiger charge is 2.20. The van der Waals surface area contributed by atoms with Gasteiger partial charge in [-0.25, -0.2) is 0 Å². The Hall–Kier alpha value is -2.27. The SMILES string of the molecule is CCc1ccc(CN(C)C(=O)c2ccccc2SC(C)C(=O)O)cc1. The maximum Gasteiger partial charge on any atom is 0.316 e. The number of nitrogens with zero attached hydrogens (tertiary/aromatic N) is 1. The van der Waals surface area contributed by atoms with Crippen LogP contribution >= 0.6 is 11.8 Å². The Morgan fingerprint density at radius 1 is 1.08 bits per heavy atom. The highest BCUT2D eigenvalue weighted by atomic mass is 32.2. The summed E-state index contributed by atoms with van der Waals surface area (Å²) < 4.78 is 0. The van der Waals surface area contributed by atoms with Crippen molar-refractivity contribution in [2.75, 3.05) is 7.05 Å². The number of carboxylic acids is 1. The molecule has 2 aromatic rings. The molecule has 0 aliphatic rings. The van der Waals surface area contributed by atoms with Crippen LogP contribution in [-0.4, -0.2) is 34.2 Å². The van der Waals surface area contributed by atoms with Crippen molar-refractivity contribution in [1.29, 1.82) is 0 Å². The van der Waals surface area contributed by atoms with E-state index in [2.05, 4.69) is 19.1 Å². The Bertz CT molecular complexity index is 743. The number of hydrogen-bond donors (Lipinski definition) is 1. The van der Waals surface area contributed by atoms with Crippen LogP contribution in [0.1, 0.15) is 35.3 Å². The van der Waals surface area contributed by atoms with E-state index < -0.39 is 11.2 Å². The van der Waals surface area contributed by atoms with E-state index in [-0.39, 0.29) is 5.91 Å². The van der Waals surface area contributed by atoms with Crippen LogP contribution in [0.5, 0.6) is 0 Å². The van der Waals surface area contributed by atoms with Crippen LogP contribution in [0.3, 0.4) is 0 Å². The monoisotopic (exact) mass is 357 g/mol. The fourth-order valence-electron chi connectivity index (χ4n) is 2.42. The highest BCUT2D eigenvalue weighted by molar-refractivity contribution is 8.00. The fourth-order valence-corrected chi connectivity index (χ4v) is 3.34. The van der Waals surface area contributed by atoms with Crippen LogP contribution in [0.2, 0.25) is 0 Å². The number of aryl methyl sites for hydroxylation is 1. The second-order valence-corrected chi connectivity index (χ2v) is 7.31. The Labute approximate surface area is 152 Å². The van der Waals surface area contributed by atoms with Crippen LogP contribution in [0.15, 0.2) is 53.4 Å². The van der Waals surface area contributed by atoms with E-state index >= 15 is 0 Å². The van der Waals surface area contributed by atoms with Crippen LogP contribution in [-0.2, 0) is 17.8 Å². The van der Waals surface area contributed by atoms with Crippen molar-refractivity contribution < 1.29 is 14.7 Å². The summed E-state index contributed by atoms with van der Waals surface area (Å²) in [5.41, 5.74) is 2.87. The molecule has 0 heterocycles. The lowest BCUT2D eigenvalue weighted by Crippen LogP contribution is -2.27. The molecule has 0 radical (unpaired) electrons. The summed E-state index contributed by atoms with van der Waals surface area (Å²) in [5.74, 6) is -1.00. The molecule has 0 aliphatic carbocycles. The third-order valence-electron chi connectivity index (χ3n) is 3.97. The van der Waals surface area contributed by atoms with Crippen molar-refractivity contribution in [1.82, 2.24) is 4.90 Å². The van der Waals surface area contributed by atoms with Gasteiger partial charge in [-0.05, 0) is 36.6 Å². The molecular weight excluding hydrogens is 334 g/mol. The largest absolute Gasteiger partial charge is 0.480 e. The quantitative estimate of drug-likeness (QED) is 0.759. The van der Waals surface area contributed by atoms with Crippen molar-refractivity contribution in [3.8, 4) is 0 Å². The number of benzene rings is 2. The zero-order valence-electron chi connectivity index (χ0n) is 14.7. The molecule has 25 heavy (non-hydrogen) atoms. The van der Waals surface area contributed by atoms with Gasteiger partial charge in [0.1, 0.15) is 5.25 Å². The van der Waals surface area contributed by atoms with Gasteiger partial charge in [-0.15, -0.1) is 11.8 Å². The van der Waals surface area contributed by atoms with Gasteiger partial charge in [-0.3, -0.25) is 9.59 Å². The minimum absolute atomic E-state index is 0.111. The zero-order chi connectivity index (χ0) is 18.4. The molecule has 1 amide bonds. The number of rotatable bonds is 7. The van der Waals surface area contributed by atoms with Crippen LogP contribution in [0.4, 0.5) is 0 Å². The van der Waals surface area contributed by atoms with Crippen molar-refractivity contribution in [3.05, 3.63) is 65.2 Å². The molecule has 5 heteroatoms. The van der Waals surface area contributed by atoms with Crippen molar-refractivity contribution >= 4 is 23.6 Å². The molecule has 132 valence electrons. The second-order valence-electron chi connectivity index (χ2n) is 5.93. The number of carboxylic acid groups (broad SMARTS) is 1. The van der Waals surface area contributed by atoms with Crippen LogP contribution < -0.4 is 0 Å². The number of amides is 1. The average Bonchev–Trinajstić information content (AvgIpc) is 2.62. The van der Waals surface area contributed by atoms with E-state index in [1.807, 2.05) is 18.2 Å². The molecule has 0 saturated heterocycles. The first kappa shape index (κ1) is 19.1. The van der Waals surface area contributed by atoms with Crippen molar-refractivity contribution in [3.63, 3.8) is 0 Å². The number of hydrogen-bond acceptors (Lipinski definition) is 3. The molecule has 2 aromatic carbocycles. The first-order valence-corrected chi connectivity index (χ1v) is 9.12. The zero-order valence-corrected chi connectivity index (χ0v) is 15.5. The van der Waals surface area contributed by atoms with Crippen molar-refractivity contribution in [2.24, 2.45) is 0 Å². The Morgan fingerprint density at radius 2 is 1.68 bits per heavy atom. The predicted molar refractivity (Wildman–Crippen MR) is 101 cm³/mol. The molecule has 0 aromatic heterocycles. The molecule has 0 bridgehead atoms. The third-order valence-corrected chi connectivity index (χ3v) is 5.13. The van der Waals surface area contributed by atoms with E-state index in [1.54, 1.807) is 37.1 Å². The molecular formula is C20H23NO3S. The fraction of sp³-hybridized carbons (Fsp3) is 0.300. The van der Waals surface area contributed by atoms with Gasteiger partial charge in [-0.2, -0.15) is 0 Å². The third kappa shape index (κ3) is 5.10. The van der Waals surface area contributed by atoms with E-state index in [1.165, 1.54) is 17.3 Å². The summed E-state index contributed by atoms with van der Waals surface area (Å²) in [5, 5.41) is 8.49. The Morgan fingerprint density at radius 3 is 2.28 bits per heavy atom. The predicted octanol–water partition coefficient (Wildman–Crippen LogP) is 4.09. The summed E-state index contributed by atoms with van der Waals surface area (Å²) in [6.07, 6.45) is 0.988. The summed E-state index contributed by atoms with van der Waals surface area (Å²) in [6.45, 7) is 4.24. The minimum Gasteiger partial charge on any atom is -0.480 e.